The predicted molar refractivity (Wildman–Crippen MR) is 64.5 cm³/mol. The zero-order chi connectivity index (χ0) is 14.5. The maximum atomic E-state index is 13.3. The SMILES string of the molecule is OC1(c2ccc(F)c(C(F)(F)F)c2)CC2CCC(C1)N2. The van der Waals surface area contributed by atoms with Crippen molar-refractivity contribution in [3.63, 3.8) is 0 Å². The number of hydrogen-bond acceptors (Lipinski definition) is 2. The van der Waals surface area contributed by atoms with Gasteiger partial charge in [0.15, 0.2) is 0 Å². The average Bonchev–Trinajstić information content (AvgIpc) is 2.68. The van der Waals surface area contributed by atoms with E-state index in [2.05, 4.69) is 5.32 Å². The number of alkyl halides is 3. The van der Waals surface area contributed by atoms with Gasteiger partial charge in [0.2, 0.25) is 0 Å². The van der Waals surface area contributed by atoms with Crippen molar-refractivity contribution < 1.29 is 22.7 Å². The Morgan fingerprint density at radius 2 is 1.75 bits per heavy atom. The van der Waals surface area contributed by atoms with Gasteiger partial charge < -0.3 is 10.4 Å². The molecule has 2 aliphatic rings. The molecule has 2 aliphatic heterocycles. The molecule has 2 unspecified atom stereocenters. The molecule has 2 atom stereocenters. The monoisotopic (exact) mass is 289 g/mol. The Morgan fingerprint density at radius 3 is 2.30 bits per heavy atom. The summed E-state index contributed by atoms with van der Waals surface area (Å²) in [5.74, 6) is -1.30. The van der Waals surface area contributed by atoms with E-state index in [9.17, 15) is 22.7 Å². The number of hydrogen-bond donors (Lipinski definition) is 2. The fourth-order valence-corrected chi connectivity index (χ4v) is 3.39. The Morgan fingerprint density at radius 1 is 1.15 bits per heavy atom. The third-order valence-corrected chi connectivity index (χ3v) is 4.31. The molecule has 0 saturated carbocycles. The molecule has 0 aliphatic carbocycles. The molecule has 6 heteroatoms. The molecule has 0 amide bonds. The third-order valence-electron chi connectivity index (χ3n) is 4.31. The summed E-state index contributed by atoms with van der Waals surface area (Å²) in [7, 11) is 0. The molecule has 0 spiro atoms. The van der Waals surface area contributed by atoms with Crippen LogP contribution in [0.2, 0.25) is 0 Å². The second-order valence-corrected chi connectivity index (χ2v) is 5.77. The van der Waals surface area contributed by atoms with E-state index in [1.807, 2.05) is 0 Å². The minimum absolute atomic E-state index is 0.123. The second-order valence-electron chi connectivity index (χ2n) is 5.77. The van der Waals surface area contributed by atoms with Crippen LogP contribution in [0, 0.1) is 5.82 Å². The summed E-state index contributed by atoms with van der Waals surface area (Å²) in [6, 6.07) is 3.05. The van der Waals surface area contributed by atoms with E-state index in [0.29, 0.717) is 12.8 Å². The first-order valence-corrected chi connectivity index (χ1v) is 6.64. The van der Waals surface area contributed by atoms with Crippen LogP contribution in [-0.2, 0) is 11.8 Å². The molecule has 0 radical (unpaired) electrons. The van der Waals surface area contributed by atoms with Gasteiger partial charge in [-0.15, -0.1) is 0 Å². The first kappa shape index (κ1) is 13.8. The van der Waals surface area contributed by atoms with Crippen molar-refractivity contribution >= 4 is 0 Å². The fraction of sp³-hybridized carbons (Fsp3) is 0.571. The van der Waals surface area contributed by atoms with Gasteiger partial charge in [-0.25, -0.2) is 4.39 Å². The van der Waals surface area contributed by atoms with Crippen LogP contribution in [0.1, 0.15) is 36.8 Å². The van der Waals surface area contributed by atoms with Gasteiger partial charge in [-0.2, -0.15) is 13.2 Å². The quantitative estimate of drug-likeness (QED) is 0.779. The molecule has 1 aromatic carbocycles. The van der Waals surface area contributed by atoms with Crippen molar-refractivity contribution in [1.29, 1.82) is 0 Å². The van der Waals surface area contributed by atoms with Gasteiger partial charge in [0, 0.05) is 12.1 Å². The van der Waals surface area contributed by atoms with E-state index in [1.54, 1.807) is 0 Å². The average molecular weight is 289 g/mol. The topological polar surface area (TPSA) is 32.3 Å². The van der Waals surface area contributed by atoms with Gasteiger partial charge in [0.1, 0.15) is 5.82 Å². The molecule has 1 aromatic rings. The second kappa shape index (κ2) is 4.43. The Hall–Kier alpha value is -1.14. The van der Waals surface area contributed by atoms with Crippen LogP contribution in [0.25, 0.3) is 0 Å². The Balaban J connectivity index is 1.98. The molecule has 2 saturated heterocycles. The van der Waals surface area contributed by atoms with E-state index >= 15 is 0 Å². The van der Waals surface area contributed by atoms with E-state index in [1.165, 1.54) is 6.07 Å². The highest BCUT2D eigenvalue weighted by Crippen LogP contribution is 2.42. The van der Waals surface area contributed by atoms with E-state index in [-0.39, 0.29) is 17.6 Å². The molecular formula is C14H15F4NO. The Kier molecular flexibility index (Phi) is 3.06. The van der Waals surface area contributed by atoms with Gasteiger partial charge in [0.05, 0.1) is 11.2 Å². The summed E-state index contributed by atoms with van der Waals surface area (Å²) in [6.45, 7) is 0. The minimum atomic E-state index is -4.75. The van der Waals surface area contributed by atoms with Crippen molar-refractivity contribution in [1.82, 2.24) is 5.32 Å². The number of rotatable bonds is 1. The molecule has 110 valence electrons. The van der Waals surface area contributed by atoms with Gasteiger partial charge in [-0.1, -0.05) is 6.07 Å². The Labute approximate surface area is 113 Å². The maximum Gasteiger partial charge on any atom is 0.419 e. The maximum absolute atomic E-state index is 13.3. The highest BCUT2D eigenvalue weighted by atomic mass is 19.4. The molecule has 2 fully saturated rings. The molecule has 2 bridgehead atoms. The van der Waals surface area contributed by atoms with Crippen LogP contribution in [0.4, 0.5) is 17.6 Å². The lowest BCUT2D eigenvalue weighted by Crippen LogP contribution is -2.46. The highest BCUT2D eigenvalue weighted by molar-refractivity contribution is 5.32. The molecule has 3 rings (SSSR count). The summed E-state index contributed by atoms with van der Waals surface area (Å²) in [5, 5.41) is 14.0. The molecular weight excluding hydrogens is 274 g/mol. The van der Waals surface area contributed by atoms with E-state index in [0.717, 1.165) is 25.0 Å². The molecule has 2 N–H and O–H groups in total. The summed E-state index contributed by atoms with van der Waals surface area (Å²) >= 11 is 0. The minimum Gasteiger partial charge on any atom is -0.385 e. The number of benzene rings is 1. The number of aliphatic hydroxyl groups is 1. The lowest BCUT2D eigenvalue weighted by molar-refractivity contribution is -0.140. The normalized spacial score (nSPS) is 33.5. The first-order valence-electron chi connectivity index (χ1n) is 6.64. The number of halogens is 4. The zero-order valence-corrected chi connectivity index (χ0v) is 10.7. The first-order chi connectivity index (χ1) is 9.28. The highest BCUT2D eigenvalue weighted by Gasteiger charge is 2.44. The molecule has 0 aromatic heterocycles. The van der Waals surface area contributed by atoms with Crippen molar-refractivity contribution in [2.24, 2.45) is 0 Å². The van der Waals surface area contributed by atoms with Gasteiger partial charge in [0.25, 0.3) is 0 Å². The summed E-state index contributed by atoms with van der Waals surface area (Å²) in [6.07, 6.45) is -2.18. The standard InChI is InChI=1S/C14H15F4NO/c15-12-4-1-8(5-11(12)14(16,17)18)13(20)6-9-2-3-10(7-13)19-9/h1,4-5,9-10,19-20H,2-3,6-7H2. The van der Waals surface area contributed by atoms with Crippen molar-refractivity contribution in [2.75, 3.05) is 0 Å². The van der Waals surface area contributed by atoms with Crippen LogP contribution < -0.4 is 5.32 Å². The largest absolute Gasteiger partial charge is 0.419 e. The summed E-state index contributed by atoms with van der Waals surface area (Å²) in [4.78, 5) is 0. The summed E-state index contributed by atoms with van der Waals surface area (Å²) in [5.41, 5.74) is -2.45. The lowest BCUT2D eigenvalue weighted by Gasteiger charge is -2.37. The van der Waals surface area contributed by atoms with Crippen LogP contribution >= 0.6 is 0 Å². The van der Waals surface area contributed by atoms with Crippen LogP contribution in [0.3, 0.4) is 0 Å². The number of nitrogens with one attached hydrogen (secondary N) is 1. The smallest absolute Gasteiger partial charge is 0.385 e. The Bertz CT molecular complexity index is 516. The number of piperidine rings is 1. The predicted octanol–water partition coefficient (Wildman–Crippen LogP) is 2.95. The van der Waals surface area contributed by atoms with Crippen LogP contribution in [-0.4, -0.2) is 17.2 Å². The van der Waals surface area contributed by atoms with Crippen molar-refractivity contribution in [3.05, 3.63) is 35.1 Å². The van der Waals surface area contributed by atoms with Crippen molar-refractivity contribution in [3.8, 4) is 0 Å². The molecule has 20 heavy (non-hydrogen) atoms. The molecule has 2 nitrogen and oxygen atoms in total. The van der Waals surface area contributed by atoms with E-state index in [4.69, 9.17) is 0 Å². The molecule has 2 heterocycles. The fourth-order valence-electron chi connectivity index (χ4n) is 3.39. The number of fused-ring (bicyclic) bond motifs is 2. The van der Waals surface area contributed by atoms with Crippen LogP contribution in [0.15, 0.2) is 18.2 Å². The van der Waals surface area contributed by atoms with Crippen molar-refractivity contribution in [2.45, 2.75) is 49.5 Å². The van der Waals surface area contributed by atoms with Gasteiger partial charge >= 0.3 is 6.18 Å². The lowest BCUT2D eigenvalue weighted by atomic mass is 9.81. The van der Waals surface area contributed by atoms with Gasteiger partial charge in [-0.3, -0.25) is 0 Å². The third kappa shape index (κ3) is 2.31. The zero-order valence-electron chi connectivity index (χ0n) is 10.7. The summed E-state index contributed by atoms with van der Waals surface area (Å²) < 4.78 is 51.6. The van der Waals surface area contributed by atoms with Gasteiger partial charge in [-0.05, 0) is 43.4 Å². The van der Waals surface area contributed by atoms with Crippen LogP contribution in [0.5, 0.6) is 0 Å². The van der Waals surface area contributed by atoms with E-state index < -0.39 is 23.2 Å².